The maximum atomic E-state index is 11.1. The summed E-state index contributed by atoms with van der Waals surface area (Å²) in [5.74, 6) is -0.124. The molecule has 1 heterocycles. The third kappa shape index (κ3) is 2.30. The van der Waals surface area contributed by atoms with Gasteiger partial charge in [-0.25, -0.2) is 0 Å². The van der Waals surface area contributed by atoms with Crippen LogP contribution in [-0.2, 0) is 4.79 Å². The van der Waals surface area contributed by atoms with Gasteiger partial charge in [-0.1, -0.05) is 6.58 Å². The number of Topliss-reactive ketones (excluding diaryl/α,β-unsaturated/α-hetero) is 1. The number of thiophene rings is 1. The van der Waals surface area contributed by atoms with Gasteiger partial charge in [-0.05, 0) is 28.9 Å². The van der Waals surface area contributed by atoms with Crippen molar-refractivity contribution in [3.63, 3.8) is 0 Å². The van der Waals surface area contributed by atoms with Crippen LogP contribution < -0.4 is 5.73 Å². The van der Waals surface area contributed by atoms with Gasteiger partial charge in [0.05, 0.1) is 3.79 Å². The van der Waals surface area contributed by atoms with Crippen molar-refractivity contribution in [2.75, 3.05) is 0 Å². The molecule has 0 aliphatic rings. The normalized spacial score (nSPS) is 12.6. The summed E-state index contributed by atoms with van der Waals surface area (Å²) < 4.78 is 0.814. The molecule has 3 N–H and O–H groups in total. The number of hydrogen-bond donors (Lipinski definition) is 2. The van der Waals surface area contributed by atoms with E-state index in [0.717, 1.165) is 3.79 Å². The van der Waals surface area contributed by atoms with Crippen molar-refractivity contribution in [3.05, 3.63) is 26.9 Å². The number of allylic oxidation sites excluding steroid dienone is 1. The van der Waals surface area contributed by atoms with E-state index in [4.69, 9.17) is 5.73 Å². The second-order valence-corrected chi connectivity index (χ2v) is 5.25. The van der Waals surface area contributed by atoms with Gasteiger partial charge in [0.2, 0.25) is 0 Å². The van der Waals surface area contributed by atoms with Crippen molar-refractivity contribution in [3.8, 4) is 0 Å². The Balaban J connectivity index is 3.19. The molecule has 0 aliphatic carbocycles. The van der Waals surface area contributed by atoms with E-state index in [0.29, 0.717) is 16.0 Å². The third-order valence-corrected chi connectivity index (χ3v) is 3.46. The fraction of sp³-hybridized carbons (Fsp3) is 0.222. The van der Waals surface area contributed by atoms with Crippen LogP contribution in [0.25, 0.3) is 5.57 Å². The maximum Gasteiger partial charge on any atom is 0.160 e. The number of carbonyl (C=O) groups is 1. The number of rotatable bonds is 3. The minimum Gasteiger partial charge on any atom is -0.374 e. The van der Waals surface area contributed by atoms with Crippen LogP contribution in [0.15, 0.2) is 16.4 Å². The first-order chi connectivity index (χ1) is 6.43. The van der Waals surface area contributed by atoms with Crippen molar-refractivity contribution in [2.24, 2.45) is 5.73 Å². The Kier molecular flexibility index (Phi) is 3.60. The summed E-state index contributed by atoms with van der Waals surface area (Å²) in [7, 11) is 0. The average molecular weight is 276 g/mol. The van der Waals surface area contributed by atoms with Crippen LogP contribution in [0.2, 0.25) is 0 Å². The molecule has 1 rings (SSSR count). The van der Waals surface area contributed by atoms with Crippen molar-refractivity contribution >= 4 is 38.6 Å². The number of carbonyl (C=O) groups excluding carboxylic acids is 1. The Morgan fingerprint density at radius 2 is 2.36 bits per heavy atom. The molecule has 1 aromatic heterocycles. The summed E-state index contributed by atoms with van der Waals surface area (Å²) in [6.45, 7) is 5.09. The zero-order chi connectivity index (χ0) is 10.9. The topological polar surface area (TPSA) is 63.3 Å². The lowest BCUT2D eigenvalue weighted by molar-refractivity contribution is -0.111. The zero-order valence-corrected chi connectivity index (χ0v) is 9.98. The van der Waals surface area contributed by atoms with E-state index in [2.05, 4.69) is 22.5 Å². The molecule has 1 atom stereocenters. The first-order valence-corrected chi connectivity index (χ1v) is 5.47. The predicted molar refractivity (Wildman–Crippen MR) is 60.9 cm³/mol. The van der Waals surface area contributed by atoms with Gasteiger partial charge < -0.3 is 10.8 Å². The molecule has 0 saturated carbocycles. The molecule has 1 unspecified atom stereocenters. The monoisotopic (exact) mass is 275 g/mol. The number of halogens is 1. The summed E-state index contributed by atoms with van der Waals surface area (Å²) >= 11 is 4.60. The van der Waals surface area contributed by atoms with Crippen LogP contribution in [0.3, 0.4) is 0 Å². The summed E-state index contributed by atoms with van der Waals surface area (Å²) in [4.78, 5) is 11.7. The van der Waals surface area contributed by atoms with Gasteiger partial charge in [0, 0.05) is 16.0 Å². The summed E-state index contributed by atoms with van der Waals surface area (Å²) in [5, 5.41) is 9.26. The Bertz CT molecular complexity index is 384. The second kappa shape index (κ2) is 4.35. The predicted octanol–water partition coefficient (Wildman–Crippen LogP) is 2.06. The van der Waals surface area contributed by atoms with Gasteiger partial charge in [-0.15, -0.1) is 11.3 Å². The van der Waals surface area contributed by atoms with Crippen molar-refractivity contribution < 1.29 is 9.90 Å². The Morgan fingerprint density at radius 3 is 2.79 bits per heavy atom. The van der Waals surface area contributed by atoms with Gasteiger partial charge >= 0.3 is 0 Å². The molecule has 0 amide bonds. The summed E-state index contributed by atoms with van der Waals surface area (Å²) in [6, 6.07) is 1.69. The number of nitrogens with two attached hydrogens (primary N) is 1. The van der Waals surface area contributed by atoms with E-state index in [1.165, 1.54) is 18.3 Å². The van der Waals surface area contributed by atoms with Crippen molar-refractivity contribution in [2.45, 2.75) is 13.2 Å². The number of aliphatic hydroxyl groups is 1. The smallest absolute Gasteiger partial charge is 0.160 e. The van der Waals surface area contributed by atoms with Gasteiger partial charge in [0.15, 0.2) is 5.78 Å². The number of aliphatic hydroxyl groups excluding tert-OH is 1. The molecule has 3 nitrogen and oxygen atoms in total. The lowest BCUT2D eigenvalue weighted by atomic mass is 10.1. The van der Waals surface area contributed by atoms with E-state index in [1.807, 2.05) is 0 Å². The molecule has 0 bridgehead atoms. The molecule has 14 heavy (non-hydrogen) atoms. The number of ketones is 1. The zero-order valence-electron chi connectivity index (χ0n) is 7.58. The molecule has 76 valence electrons. The van der Waals surface area contributed by atoms with E-state index in [1.54, 1.807) is 6.07 Å². The van der Waals surface area contributed by atoms with Gasteiger partial charge in [0.25, 0.3) is 0 Å². The molecule has 0 aromatic carbocycles. The summed E-state index contributed by atoms with van der Waals surface area (Å²) in [5.41, 5.74) is 6.26. The fourth-order valence-corrected chi connectivity index (χ4v) is 2.67. The lowest BCUT2D eigenvalue weighted by Crippen LogP contribution is -2.10. The first-order valence-electron chi connectivity index (χ1n) is 3.86. The highest BCUT2D eigenvalue weighted by atomic mass is 79.9. The summed E-state index contributed by atoms with van der Waals surface area (Å²) in [6.07, 6.45) is -1.08. The van der Waals surface area contributed by atoms with Crippen LogP contribution in [0.4, 0.5) is 0 Å². The van der Waals surface area contributed by atoms with Crippen LogP contribution in [0.1, 0.15) is 23.6 Å². The van der Waals surface area contributed by atoms with Crippen LogP contribution in [0, 0.1) is 0 Å². The van der Waals surface area contributed by atoms with Crippen LogP contribution in [0.5, 0.6) is 0 Å². The standard InChI is InChI=1S/C9H10BrNO2S/c1-4(5(2)12)8-6(9(11)13)3-7(10)14-8/h3,9,13H,1,11H2,2H3. The van der Waals surface area contributed by atoms with Gasteiger partial charge in [0.1, 0.15) is 6.23 Å². The highest BCUT2D eigenvalue weighted by Gasteiger charge is 2.17. The van der Waals surface area contributed by atoms with Crippen LogP contribution >= 0.6 is 27.3 Å². The van der Waals surface area contributed by atoms with E-state index in [-0.39, 0.29) is 5.78 Å². The Labute approximate surface area is 94.4 Å². The first kappa shape index (κ1) is 11.6. The van der Waals surface area contributed by atoms with Crippen molar-refractivity contribution in [1.29, 1.82) is 0 Å². The average Bonchev–Trinajstić information content (AvgIpc) is 2.45. The molecular weight excluding hydrogens is 266 g/mol. The Morgan fingerprint density at radius 1 is 1.79 bits per heavy atom. The minimum absolute atomic E-state index is 0.124. The Hall–Kier alpha value is -0.490. The largest absolute Gasteiger partial charge is 0.374 e. The van der Waals surface area contributed by atoms with Crippen LogP contribution in [-0.4, -0.2) is 10.9 Å². The molecule has 0 aliphatic heterocycles. The minimum atomic E-state index is -1.08. The molecule has 5 heteroatoms. The lowest BCUT2D eigenvalue weighted by Gasteiger charge is -2.05. The van der Waals surface area contributed by atoms with Gasteiger partial charge in [-0.2, -0.15) is 0 Å². The van der Waals surface area contributed by atoms with Crippen molar-refractivity contribution in [1.82, 2.24) is 0 Å². The molecule has 0 radical (unpaired) electrons. The fourth-order valence-electron chi connectivity index (χ4n) is 0.989. The second-order valence-electron chi connectivity index (χ2n) is 2.81. The highest BCUT2D eigenvalue weighted by Crippen LogP contribution is 2.34. The van der Waals surface area contributed by atoms with E-state index < -0.39 is 6.23 Å². The molecule has 1 aromatic rings. The molecule has 0 saturated heterocycles. The SMILES string of the molecule is C=C(C(C)=O)c1sc(Br)cc1C(N)O. The maximum absolute atomic E-state index is 11.1. The third-order valence-electron chi connectivity index (χ3n) is 1.75. The van der Waals surface area contributed by atoms with Gasteiger partial charge in [-0.3, -0.25) is 4.79 Å². The van der Waals surface area contributed by atoms with E-state index >= 15 is 0 Å². The molecule has 0 fully saturated rings. The highest BCUT2D eigenvalue weighted by molar-refractivity contribution is 9.11. The quantitative estimate of drug-likeness (QED) is 0.656. The number of hydrogen-bond acceptors (Lipinski definition) is 4. The molecule has 0 spiro atoms. The molecular formula is C9H10BrNO2S. The van der Waals surface area contributed by atoms with E-state index in [9.17, 15) is 9.90 Å².